The van der Waals surface area contributed by atoms with Crippen LogP contribution in [-0.4, -0.2) is 77.1 Å². The molecule has 0 radical (unpaired) electrons. The van der Waals surface area contributed by atoms with Crippen molar-refractivity contribution in [1.82, 2.24) is 10.2 Å². The molecule has 28 heavy (non-hydrogen) atoms. The van der Waals surface area contributed by atoms with E-state index < -0.39 is 53.3 Å². The fourth-order valence-electron chi connectivity index (χ4n) is 2.65. The van der Waals surface area contributed by atoms with Crippen LogP contribution in [0.5, 0.6) is 0 Å². The van der Waals surface area contributed by atoms with Crippen molar-refractivity contribution >= 4 is 43.1 Å². The molecule has 4 atom stereocenters. The zero-order valence-electron chi connectivity index (χ0n) is 14.3. The number of rotatable bonds is 6. The number of nitrogens with zero attached hydrogens (tertiary/aromatic N) is 3. The normalized spacial score (nSPS) is 33.0. The second-order valence-electron chi connectivity index (χ2n) is 6.21. The molecule has 7 N–H and O–H groups in total. The summed E-state index contributed by atoms with van der Waals surface area (Å²) >= 11 is 0. The van der Waals surface area contributed by atoms with Gasteiger partial charge in [0.1, 0.15) is 0 Å². The van der Waals surface area contributed by atoms with Gasteiger partial charge in [-0.3, -0.25) is 23.3 Å². The molecule has 19 heteroatoms. The van der Waals surface area contributed by atoms with Gasteiger partial charge < -0.3 is 39.6 Å². The minimum atomic E-state index is -5.78. The van der Waals surface area contributed by atoms with Gasteiger partial charge >= 0.3 is 30.4 Å². The molecule has 0 aromatic heterocycles. The molecule has 2 heterocycles. The summed E-state index contributed by atoms with van der Waals surface area (Å²) < 4.78 is 53.9. The number of hydrogen-bond acceptors (Lipinski definition) is 9. The third-order valence-corrected chi connectivity index (χ3v) is 14.3. The molecule has 2 rings (SSSR count). The number of nitrogens with one attached hydrogen (secondary N) is 1. The van der Waals surface area contributed by atoms with E-state index in [-0.39, 0.29) is 13.1 Å². The predicted octanol–water partition coefficient (Wildman–Crippen LogP) is -0.578. The predicted molar refractivity (Wildman–Crippen MR) is 97.1 cm³/mol. The Hall–Kier alpha value is -0.420. The van der Waals surface area contributed by atoms with Crippen LogP contribution in [0.1, 0.15) is 12.8 Å². The minimum absolute atomic E-state index is 0.160. The van der Waals surface area contributed by atoms with E-state index in [4.69, 9.17) is 0 Å². The summed E-state index contributed by atoms with van der Waals surface area (Å²) in [5.41, 5.74) is 0. The van der Waals surface area contributed by atoms with E-state index in [2.05, 4.69) is 14.3 Å². The van der Waals surface area contributed by atoms with E-state index in [1.54, 1.807) is 0 Å². The van der Waals surface area contributed by atoms with Gasteiger partial charge in [-0.25, -0.2) is 9.30 Å². The Labute approximate surface area is 158 Å². The van der Waals surface area contributed by atoms with Crippen molar-refractivity contribution in [1.29, 1.82) is 0 Å². The van der Waals surface area contributed by atoms with Crippen LogP contribution in [0.15, 0.2) is 9.98 Å². The molecule has 0 spiro atoms. The van der Waals surface area contributed by atoms with Crippen LogP contribution in [-0.2, 0) is 22.6 Å². The lowest BCUT2D eigenvalue weighted by Gasteiger charge is -2.41. The van der Waals surface area contributed by atoms with Gasteiger partial charge in [-0.05, 0) is 0 Å². The molecular weight excluding hydrogens is 464 g/mol. The van der Waals surface area contributed by atoms with Crippen LogP contribution in [0.3, 0.4) is 0 Å². The molecule has 0 aromatic carbocycles. The maximum Gasteiger partial charge on any atom is 0.375 e. The van der Waals surface area contributed by atoms with Gasteiger partial charge in [-0.1, -0.05) is 0 Å². The third kappa shape index (κ3) is 3.82. The monoisotopic (exact) mass is 484 g/mol. The van der Waals surface area contributed by atoms with Gasteiger partial charge in [0.15, 0.2) is 0 Å². The van der Waals surface area contributed by atoms with E-state index in [0.717, 1.165) is 12.7 Å². The Balaban J connectivity index is 2.57. The maximum atomic E-state index is 12.8. The lowest BCUT2D eigenvalue weighted by molar-refractivity contribution is 0.264. The van der Waals surface area contributed by atoms with Crippen molar-refractivity contribution in [3.8, 4) is 0 Å². The fraction of sp³-hybridized carbons (Fsp3) is 0.778. The zero-order chi connectivity index (χ0) is 21.6. The fourth-order valence-corrected chi connectivity index (χ4v) is 10.6. The van der Waals surface area contributed by atoms with E-state index in [1.165, 1.54) is 11.9 Å². The van der Waals surface area contributed by atoms with Crippen molar-refractivity contribution in [2.75, 3.05) is 20.1 Å². The minimum Gasteiger partial charge on any atom is -0.366 e. The third-order valence-electron chi connectivity index (χ3n) is 4.33. The summed E-state index contributed by atoms with van der Waals surface area (Å²) in [5.74, 6) is 0. The first kappa shape index (κ1) is 23.9. The topological polar surface area (TPSA) is 239 Å². The van der Waals surface area contributed by atoms with Gasteiger partial charge in [0.05, 0.1) is 12.7 Å². The second kappa shape index (κ2) is 7.37. The van der Waals surface area contributed by atoms with Crippen LogP contribution in [0.2, 0.25) is 0 Å². The molecule has 0 aromatic rings. The van der Waals surface area contributed by atoms with E-state index >= 15 is 0 Å². The summed E-state index contributed by atoms with van der Waals surface area (Å²) in [4.78, 5) is 67.5. The molecule has 0 fully saturated rings. The Morgan fingerprint density at radius 1 is 1.00 bits per heavy atom. The molecule has 0 saturated heterocycles. The highest BCUT2D eigenvalue weighted by atomic mass is 31.3. The molecule has 2 aliphatic heterocycles. The van der Waals surface area contributed by atoms with Crippen molar-refractivity contribution in [2.45, 2.75) is 22.9 Å². The first-order chi connectivity index (χ1) is 12.5. The molecule has 0 saturated carbocycles. The van der Waals surface area contributed by atoms with Gasteiger partial charge in [0, 0.05) is 33.0 Å². The number of hydrogen-bond donors (Lipinski definition) is 7. The van der Waals surface area contributed by atoms with Crippen LogP contribution in [0.25, 0.3) is 0 Å². The standard InChI is InChI=1S/C9H20N4O11P4/c1-13-5-3-9(12-7-13,26(17,18)19)28(22,23)24-27(20,21)8(25(14,15)16)2-4-10-6-11-8/h6-7H,2-5H2,1H3,(H,10,11)(H,20,21)(H,22,23)(H2,14,15,16)(H2,17,18,19). The highest BCUT2D eigenvalue weighted by Crippen LogP contribution is 2.82. The highest BCUT2D eigenvalue weighted by Gasteiger charge is 2.69. The molecule has 0 bridgehead atoms. The first-order valence-corrected chi connectivity index (χ1v) is 13.9. The van der Waals surface area contributed by atoms with E-state index in [9.17, 15) is 47.6 Å². The van der Waals surface area contributed by atoms with Crippen LogP contribution in [0, 0.1) is 0 Å². The molecular formula is C9H20N4O11P4. The summed E-state index contributed by atoms with van der Waals surface area (Å²) in [6.45, 7) is -0.485. The van der Waals surface area contributed by atoms with Crippen LogP contribution < -0.4 is 5.32 Å². The second-order valence-corrected chi connectivity index (χ2v) is 14.8. The van der Waals surface area contributed by atoms with E-state index in [0.29, 0.717) is 0 Å². The van der Waals surface area contributed by atoms with Gasteiger partial charge in [0.25, 0.3) is 5.02 Å². The molecule has 15 nitrogen and oxygen atoms in total. The van der Waals surface area contributed by atoms with E-state index in [1.807, 2.05) is 5.32 Å². The summed E-state index contributed by atoms with van der Waals surface area (Å²) in [6, 6.07) is 0. The summed E-state index contributed by atoms with van der Waals surface area (Å²) in [7, 11) is -21.1. The molecule has 2 aliphatic rings. The summed E-state index contributed by atoms with van der Waals surface area (Å²) in [6.07, 6.45) is 0.0945. The Morgan fingerprint density at radius 2 is 1.61 bits per heavy atom. The number of aliphatic imine (C=N–C) groups is 2. The average molecular weight is 484 g/mol. The summed E-state index contributed by atoms with van der Waals surface area (Å²) in [5, 5.41) is -4.20. The SMILES string of the molecule is CN1C=NC(P(=O)(O)O)(P(=O)(O)OP(=O)(O)C2(P(=O)(O)O)CCN=CN2)CC1. The van der Waals surface area contributed by atoms with Gasteiger partial charge in [0.2, 0.25) is 5.02 Å². The van der Waals surface area contributed by atoms with Crippen LogP contribution >= 0.6 is 30.4 Å². The van der Waals surface area contributed by atoms with Gasteiger partial charge in [-0.2, -0.15) is 0 Å². The zero-order valence-corrected chi connectivity index (χ0v) is 17.9. The van der Waals surface area contributed by atoms with Crippen molar-refractivity contribution in [2.24, 2.45) is 9.98 Å². The van der Waals surface area contributed by atoms with Crippen LogP contribution in [0.4, 0.5) is 0 Å². The molecule has 0 amide bonds. The molecule has 162 valence electrons. The lowest BCUT2D eigenvalue weighted by Crippen LogP contribution is -2.47. The maximum absolute atomic E-state index is 12.8. The Bertz CT molecular complexity index is 881. The molecule has 4 unspecified atom stereocenters. The average Bonchev–Trinajstić information content (AvgIpc) is 2.52. The molecule has 0 aliphatic carbocycles. The quantitative estimate of drug-likeness (QED) is 0.234. The Morgan fingerprint density at radius 3 is 2.00 bits per heavy atom. The van der Waals surface area contributed by atoms with Gasteiger partial charge in [-0.15, -0.1) is 0 Å². The Kier molecular flexibility index (Phi) is 6.28. The van der Waals surface area contributed by atoms with Crippen molar-refractivity contribution in [3.63, 3.8) is 0 Å². The van der Waals surface area contributed by atoms with Crippen molar-refractivity contribution in [3.05, 3.63) is 0 Å². The van der Waals surface area contributed by atoms with Crippen molar-refractivity contribution < 1.29 is 51.9 Å². The highest BCUT2D eigenvalue weighted by molar-refractivity contribution is 7.80. The lowest BCUT2D eigenvalue weighted by atomic mass is 10.3. The first-order valence-electron chi connectivity index (χ1n) is 7.51. The smallest absolute Gasteiger partial charge is 0.366 e. The largest absolute Gasteiger partial charge is 0.375 e.